The molecule has 4 saturated carbocycles. The van der Waals surface area contributed by atoms with Crippen LogP contribution in [0.3, 0.4) is 0 Å². The van der Waals surface area contributed by atoms with Gasteiger partial charge in [0.2, 0.25) is 15.9 Å². The van der Waals surface area contributed by atoms with Gasteiger partial charge in [0.15, 0.2) is 0 Å². The average Bonchev–Trinajstić information content (AvgIpc) is 2.77. The topological polar surface area (TPSA) is 92.3 Å². The first kappa shape index (κ1) is 22.2. The molecule has 7 nitrogen and oxygen atoms in total. The van der Waals surface area contributed by atoms with Crippen LogP contribution in [0.5, 0.6) is 0 Å². The Morgan fingerprint density at radius 1 is 1.00 bits per heavy atom. The van der Waals surface area contributed by atoms with Crippen LogP contribution in [0.2, 0.25) is 0 Å². The summed E-state index contributed by atoms with van der Waals surface area (Å²) in [6.07, 6.45) is 8.80. The number of nitrogens with one attached hydrogen (secondary N) is 1. The fraction of sp³-hybridized carbons (Fsp3) is 0.577. The van der Waals surface area contributed by atoms with Gasteiger partial charge in [0.05, 0.1) is 22.5 Å². The first-order chi connectivity index (χ1) is 16.2. The lowest BCUT2D eigenvalue weighted by Gasteiger charge is -2.55. The fourth-order valence-corrected chi connectivity index (χ4v) is 9.09. The molecule has 0 radical (unpaired) electrons. The van der Waals surface area contributed by atoms with Crippen molar-refractivity contribution >= 4 is 21.7 Å². The lowest BCUT2D eigenvalue weighted by atomic mass is 9.49. The molecule has 0 atom stereocenters. The number of benzene rings is 1. The van der Waals surface area contributed by atoms with Gasteiger partial charge in [-0.1, -0.05) is 6.07 Å². The van der Waals surface area contributed by atoms with Crippen LogP contribution in [-0.4, -0.2) is 35.1 Å². The molecule has 0 saturated heterocycles. The third-order valence-corrected chi connectivity index (χ3v) is 10.4. The van der Waals surface area contributed by atoms with Crippen LogP contribution in [0, 0.1) is 37.0 Å². The van der Waals surface area contributed by atoms with Crippen LogP contribution < -0.4 is 5.32 Å². The molecule has 1 N–H and O–H groups in total. The van der Waals surface area contributed by atoms with Gasteiger partial charge in [0, 0.05) is 12.1 Å². The van der Waals surface area contributed by atoms with E-state index < -0.39 is 10.0 Å². The second-order valence-electron chi connectivity index (χ2n) is 11.2. The number of aromatic nitrogens is 2. The van der Waals surface area contributed by atoms with Gasteiger partial charge in [-0.05, 0) is 99.8 Å². The van der Waals surface area contributed by atoms with Gasteiger partial charge in [-0.15, -0.1) is 0 Å². The second kappa shape index (κ2) is 7.85. The van der Waals surface area contributed by atoms with Gasteiger partial charge in [-0.2, -0.15) is 4.31 Å². The van der Waals surface area contributed by atoms with Crippen molar-refractivity contribution in [3.8, 4) is 0 Å². The Labute approximate surface area is 201 Å². The van der Waals surface area contributed by atoms with E-state index in [4.69, 9.17) is 0 Å². The highest BCUT2D eigenvalue weighted by atomic mass is 32.2. The van der Waals surface area contributed by atoms with Crippen LogP contribution in [0.15, 0.2) is 29.4 Å². The molecule has 1 aromatic heterocycles. The number of hydrogen-bond acceptors (Lipinski definition) is 5. The molecule has 4 fully saturated rings. The molecule has 1 amide bonds. The smallest absolute Gasteiger partial charge is 0.243 e. The van der Waals surface area contributed by atoms with E-state index in [2.05, 4.69) is 15.3 Å². The number of anilines is 1. The Morgan fingerprint density at radius 3 is 2.24 bits per heavy atom. The zero-order chi connectivity index (χ0) is 23.7. The molecule has 180 valence electrons. The highest BCUT2D eigenvalue weighted by molar-refractivity contribution is 7.89. The van der Waals surface area contributed by atoms with E-state index in [1.54, 1.807) is 12.1 Å². The largest absolute Gasteiger partial charge is 0.310 e. The van der Waals surface area contributed by atoms with Crippen molar-refractivity contribution in [1.82, 2.24) is 14.3 Å². The van der Waals surface area contributed by atoms with Crippen LogP contribution >= 0.6 is 0 Å². The summed E-state index contributed by atoms with van der Waals surface area (Å²) < 4.78 is 28.2. The summed E-state index contributed by atoms with van der Waals surface area (Å²) in [4.78, 5) is 22.7. The van der Waals surface area contributed by atoms with Crippen molar-refractivity contribution < 1.29 is 13.2 Å². The number of hydrogen-bond donors (Lipinski definition) is 1. The van der Waals surface area contributed by atoms with Crippen LogP contribution in [0.1, 0.15) is 60.9 Å². The van der Waals surface area contributed by atoms with Gasteiger partial charge in [-0.3, -0.25) is 4.79 Å². The number of amides is 1. The zero-order valence-corrected chi connectivity index (χ0v) is 20.7. The first-order valence-electron chi connectivity index (χ1n) is 12.4. The summed E-state index contributed by atoms with van der Waals surface area (Å²) in [5, 5.41) is 3.17. The molecular formula is C26H32N4O3S. The summed E-state index contributed by atoms with van der Waals surface area (Å²) in [7, 11) is -3.63. The minimum atomic E-state index is -3.63. The second-order valence-corrected chi connectivity index (χ2v) is 13.1. The van der Waals surface area contributed by atoms with Gasteiger partial charge in [0.25, 0.3) is 0 Å². The molecule has 34 heavy (non-hydrogen) atoms. The summed E-state index contributed by atoms with van der Waals surface area (Å²) in [6, 6.07) is 5.40. The van der Waals surface area contributed by atoms with E-state index in [-0.39, 0.29) is 17.9 Å². The van der Waals surface area contributed by atoms with Gasteiger partial charge >= 0.3 is 0 Å². The summed E-state index contributed by atoms with van der Waals surface area (Å²) in [6.45, 7) is 4.34. The van der Waals surface area contributed by atoms with Gasteiger partial charge < -0.3 is 5.32 Å². The maximum absolute atomic E-state index is 13.5. The molecule has 4 aliphatic carbocycles. The van der Waals surface area contributed by atoms with Crippen molar-refractivity contribution in [2.75, 3.05) is 11.9 Å². The van der Waals surface area contributed by atoms with Crippen molar-refractivity contribution in [1.29, 1.82) is 0 Å². The van der Waals surface area contributed by atoms with E-state index in [0.717, 1.165) is 36.0 Å². The Balaban J connectivity index is 1.23. The number of aryl methyl sites for hydroxylation is 2. The van der Waals surface area contributed by atoms with Crippen LogP contribution in [0.25, 0.3) is 0 Å². The zero-order valence-electron chi connectivity index (χ0n) is 19.9. The number of fused-ring (bicyclic) bond motifs is 1. The Bertz CT molecular complexity index is 1220. The lowest BCUT2D eigenvalue weighted by molar-refractivity contribution is -0.140. The summed E-state index contributed by atoms with van der Waals surface area (Å²) in [5.74, 6) is 2.76. The number of sulfonamides is 1. The number of rotatable bonds is 4. The average molecular weight is 481 g/mol. The maximum atomic E-state index is 13.5. The van der Waals surface area contributed by atoms with Crippen molar-refractivity contribution in [3.05, 3.63) is 46.9 Å². The highest BCUT2D eigenvalue weighted by Crippen LogP contribution is 2.60. The van der Waals surface area contributed by atoms with E-state index in [9.17, 15) is 13.2 Å². The highest BCUT2D eigenvalue weighted by Gasteiger charge is 2.54. The van der Waals surface area contributed by atoms with E-state index in [0.29, 0.717) is 47.1 Å². The first-order valence-corrected chi connectivity index (χ1v) is 13.9. The van der Waals surface area contributed by atoms with Gasteiger partial charge in [-0.25, -0.2) is 18.4 Å². The minimum absolute atomic E-state index is 0.109. The number of nitrogens with zero attached hydrogens (tertiary/aromatic N) is 3. The molecular weight excluding hydrogens is 448 g/mol. The van der Waals surface area contributed by atoms with E-state index in [1.807, 2.05) is 19.9 Å². The standard InChI is InChI=1S/C26H32N4O3S/c1-16-5-17(2)7-21(6-16)34(32,33)30-4-3-22-23(14-30)27-15-28-24(22)29-25(31)26-11-18-8-19(12-26)10-20(9-18)13-26/h5-7,15,18-20H,3-4,8-14H2,1-2H3,(H,27,28,29,31). The van der Waals surface area contributed by atoms with Crippen molar-refractivity contribution in [2.45, 2.75) is 70.2 Å². The van der Waals surface area contributed by atoms with Crippen molar-refractivity contribution in [3.63, 3.8) is 0 Å². The molecule has 0 spiro atoms. The maximum Gasteiger partial charge on any atom is 0.243 e. The molecule has 2 aromatic rings. The normalized spacial score (nSPS) is 30.2. The predicted octanol–water partition coefficient (Wildman–Crippen LogP) is 4.00. The fourth-order valence-electron chi connectivity index (χ4n) is 7.50. The molecule has 1 aromatic carbocycles. The molecule has 0 unspecified atom stereocenters. The van der Waals surface area contributed by atoms with Crippen LogP contribution in [-0.2, 0) is 27.8 Å². The molecule has 5 aliphatic rings. The third-order valence-electron chi connectivity index (χ3n) is 8.56. The third kappa shape index (κ3) is 3.66. The molecule has 7 rings (SSSR count). The molecule has 4 bridgehead atoms. The molecule has 8 heteroatoms. The number of carbonyl (C=O) groups is 1. The minimum Gasteiger partial charge on any atom is -0.310 e. The summed E-state index contributed by atoms with van der Waals surface area (Å²) >= 11 is 0. The lowest BCUT2D eigenvalue weighted by Crippen LogP contribution is -2.52. The molecule has 1 aliphatic heterocycles. The summed E-state index contributed by atoms with van der Waals surface area (Å²) in [5.41, 5.74) is 3.14. The van der Waals surface area contributed by atoms with Gasteiger partial charge in [0.1, 0.15) is 12.1 Å². The van der Waals surface area contributed by atoms with E-state index >= 15 is 0 Å². The molecule has 2 heterocycles. The Hall–Kier alpha value is -2.32. The Kier molecular flexibility index (Phi) is 5.12. The predicted molar refractivity (Wildman–Crippen MR) is 128 cm³/mol. The van der Waals surface area contributed by atoms with E-state index in [1.165, 1.54) is 29.9 Å². The SMILES string of the molecule is Cc1cc(C)cc(S(=O)(=O)N2CCc3c(ncnc3NC(=O)C34CC5CC(CC(C5)C3)C4)C2)c1. The number of carbonyl (C=O) groups excluding carboxylic acids is 1. The quantitative estimate of drug-likeness (QED) is 0.714. The van der Waals surface area contributed by atoms with Crippen LogP contribution in [0.4, 0.5) is 5.82 Å². The van der Waals surface area contributed by atoms with Crippen molar-refractivity contribution in [2.24, 2.45) is 23.2 Å². The monoisotopic (exact) mass is 480 g/mol. The Morgan fingerprint density at radius 2 is 1.62 bits per heavy atom.